The van der Waals surface area contributed by atoms with Crippen LogP contribution in [0.2, 0.25) is 0 Å². The molecule has 0 aliphatic rings. The summed E-state index contributed by atoms with van der Waals surface area (Å²) in [5.74, 6) is 0.0230. The number of carbonyl (C=O) groups is 2. The molecule has 0 N–H and O–H groups in total. The van der Waals surface area contributed by atoms with Crippen molar-refractivity contribution < 1.29 is 14.3 Å². The van der Waals surface area contributed by atoms with Crippen LogP contribution in [0.15, 0.2) is 42.5 Å². The van der Waals surface area contributed by atoms with Gasteiger partial charge in [-0.25, -0.2) is 0 Å². The highest BCUT2D eigenvalue weighted by molar-refractivity contribution is 6.09. The van der Waals surface area contributed by atoms with E-state index in [1.54, 1.807) is 24.3 Å². The lowest BCUT2D eigenvalue weighted by atomic mass is 9.99. The van der Waals surface area contributed by atoms with Crippen molar-refractivity contribution >= 4 is 11.8 Å². The zero-order valence-electron chi connectivity index (χ0n) is 11.8. The molecule has 0 aromatic heterocycles. The number of esters is 1. The summed E-state index contributed by atoms with van der Waals surface area (Å²) in [7, 11) is 0. The second-order valence-electron chi connectivity index (χ2n) is 4.75. The zero-order chi connectivity index (χ0) is 14.7. The Morgan fingerprint density at radius 2 is 1.45 bits per heavy atom. The average Bonchev–Trinajstić information content (AvgIpc) is 2.41. The molecule has 3 nitrogen and oxygen atoms in total. The van der Waals surface area contributed by atoms with Crippen molar-refractivity contribution in [3.63, 3.8) is 0 Å². The Bertz CT molecular complexity index is 654. The minimum atomic E-state index is -0.377. The summed E-state index contributed by atoms with van der Waals surface area (Å²) in [5, 5.41) is 0. The molecule has 0 radical (unpaired) electrons. The monoisotopic (exact) mass is 268 g/mol. The summed E-state index contributed by atoms with van der Waals surface area (Å²) in [5.41, 5.74) is 3.48. The maximum atomic E-state index is 12.3. The van der Waals surface area contributed by atoms with Gasteiger partial charge in [0.05, 0.1) is 0 Å². The lowest BCUT2D eigenvalue weighted by molar-refractivity contribution is -0.131. The fourth-order valence-electron chi connectivity index (χ4n) is 1.89. The van der Waals surface area contributed by atoms with Crippen molar-refractivity contribution in [1.29, 1.82) is 0 Å². The highest BCUT2D eigenvalue weighted by Gasteiger charge is 2.10. The van der Waals surface area contributed by atoms with Crippen molar-refractivity contribution in [2.45, 2.75) is 20.8 Å². The first-order chi connectivity index (χ1) is 9.47. The van der Waals surface area contributed by atoms with Gasteiger partial charge in [-0.15, -0.1) is 0 Å². The number of hydrogen-bond donors (Lipinski definition) is 0. The van der Waals surface area contributed by atoms with E-state index in [0.717, 1.165) is 11.1 Å². The van der Waals surface area contributed by atoms with Crippen LogP contribution in [0, 0.1) is 13.8 Å². The second kappa shape index (κ2) is 5.70. The Morgan fingerprint density at radius 1 is 0.850 bits per heavy atom. The molecule has 0 aliphatic heterocycles. The molecule has 0 saturated carbocycles. The van der Waals surface area contributed by atoms with Crippen molar-refractivity contribution in [2.75, 3.05) is 0 Å². The number of aryl methyl sites for hydroxylation is 2. The largest absolute Gasteiger partial charge is 0.427 e. The van der Waals surface area contributed by atoms with E-state index < -0.39 is 0 Å². The quantitative estimate of drug-likeness (QED) is 0.486. The minimum Gasteiger partial charge on any atom is -0.427 e. The lowest BCUT2D eigenvalue weighted by Gasteiger charge is -2.06. The minimum absolute atomic E-state index is 0.0394. The molecule has 102 valence electrons. The maximum absolute atomic E-state index is 12.3. The van der Waals surface area contributed by atoms with Crippen LogP contribution >= 0.6 is 0 Å². The second-order valence-corrected chi connectivity index (χ2v) is 4.75. The standard InChI is InChI=1S/C17H16O3/c1-11-4-5-15(10-12(11)2)17(19)14-6-8-16(9-7-14)20-13(3)18/h4-10H,1-3H3. The number of ether oxygens (including phenoxy) is 1. The lowest BCUT2D eigenvalue weighted by Crippen LogP contribution is -2.04. The van der Waals surface area contributed by atoms with Crippen LogP contribution in [0.3, 0.4) is 0 Å². The van der Waals surface area contributed by atoms with E-state index in [0.29, 0.717) is 16.9 Å². The summed E-state index contributed by atoms with van der Waals surface area (Å²) < 4.78 is 4.94. The highest BCUT2D eigenvalue weighted by Crippen LogP contribution is 2.17. The number of carbonyl (C=O) groups excluding carboxylic acids is 2. The van der Waals surface area contributed by atoms with Gasteiger partial charge in [0.1, 0.15) is 5.75 Å². The summed E-state index contributed by atoms with van der Waals surface area (Å²) in [6.45, 7) is 5.33. The molecule has 0 spiro atoms. The van der Waals surface area contributed by atoms with E-state index in [-0.39, 0.29) is 11.8 Å². The van der Waals surface area contributed by atoms with Crippen molar-refractivity contribution in [1.82, 2.24) is 0 Å². The molecule has 2 aromatic carbocycles. The first-order valence-corrected chi connectivity index (χ1v) is 6.38. The maximum Gasteiger partial charge on any atom is 0.308 e. The highest BCUT2D eigenvalue weighted by atomic mass is 16.5. The molecule has 0 saturated heterocycles. The topological polar surface area (TPSA) is 43.4 Å². The van der Waals surface area contributed by atoms with Gasteiger partial charge in [0.15, 0.2) is 5.78 Å². The van der Waals surface area contributed by atoms with Gasteiger partial charge in [0.2, 0.25) is 0 Å². The van der Waals surface area contributed by atoms with Gasteiger partial charge in [-0.2, -0.15) is 0 Å². The molecule has 2 rings (SSSR count). The summed E-state index contributed by atoms with van der Waals surface area (Å²) in [4.78, 5) is 23.2. The van der Waals surface area contributed by atoms with Gasteiger partial charge in [-0.3, -0.25) is 9.59 Å². The smallest absolute Gasteiger partial charge is 0.308 e. The fourth-order valence-corrected chi connectivity index (χ4v) is 1.89. The molecule has 0 heterocycles. The Hall–Kier alpha value is -2.42. The van der Waals surface area contributed by atoms with Gasteiger partial charge >= 0.3 is 5.97 Å². The predicted octanol–water partition coefficient (Wildman–Crippen LogP) is 3.46. The fraction of sp³-hybridized carbons (Fsp3) is 0.176. The van der Waals surface area contributed by atoms with Crippen LogP contribution in [0.4, 0.5) is 0 Å². The SMILES string of the molecule is CC(=O)Oc1ccc(C(=O)c2ccc(C)c(C)c2)cc1. The molecular weight excluding hydrogens is 252 g/mol. The molecule has 20 heavy (non-hydrogen) atoms. The molecule has 0 unspecified atom stereocenters. The van der Waals surface area contributed by atoms with Crippen molar-refractivity contribution in [3.8, 4) is 5.75 Å². The van der Waals surface area contributed by atoms with Gasteiger partial charge in [0.25, 0.3) is 0 Å². The van der Waals surface area contributed by atoms with Crippen molar-refractivity contribution in [2.24, 2.45) is 0 Å². The molecule has 0 amide bonds. The van der Waals surface area contributed by atoms with Gasteiger partial charge in [-0.05, 0) is 55.3 Å². The first kappa shape index (κ1) is 14.0. The Morgan fingerprint density at radius 3 is 2.00 bits per heavy atom. The number of benzene rings is 2. The third-order valence-corrected chi connectivity index (χ3v) is 3.15. The van der Waals surface area contributed by atoms with Gasteiger partial charge < -0.3 is 4.74 Å². The Labute approximate surface area is 118 Å². The predicted molar refractivity (Wildman–Crippen MR) is 77.1 cm³/mol. The first-order valence-electron chi connectivity index (χ1n) is 6.38. The number of rotatable bonds is 3. The third kappa shape index (κ3) is 3.12. The zero-order valence-corrected chi connectivity index (χ0v) is 11.8. The summed E-state index contributed by atoms with van der Waals surface area (Å²) >= 11 is 0. The molecule has 0 atom stereocenters. The molecule has 2 aromatic rings. The van der Waals surface area contributed by atoms with E-state index in [2.05, 4.69) is 0 Å². The number of ketones is 1. The Kier molecular flexibility index (Phi) is 3.99. The van der Waals surface area contributed by atoms with E-state index in [1.165, 1.54) is 6.92 Å². The molecule has 3 heteroatoms. The van der Waals surface area contributed by atoms with E-state index >= 15 is 0 Å². The number of hydrogen-bond acceptors (Lipinski definition) is 3. The van der Waals surface area contributed by atoms with Crippen LogP contribution < -0.4 is 4.74 Å². The molecule has 0 fully saturated rings. The normalized spacial score (nSPS) is 10.2. The van der Waals surface area contributed by atoms with Crippen LogP contribution in [0.5, 0.6) is 5.75 Å². The molecule has 0 bridgehead atoms. The Balaban J connectivity index is 2.24. The van der Waals surface area contributed by atoms with E-state index in [1.807, 2.05) is 32.0 Å². The van der Waals surface area contributed by atoms with Crippen LogP contribution in [-0.4, -0.2) is 11.8 Å². The van der Waals surface area contributed by atoms with E-state index in [4.69, 9.17) is 4.74 Å². The molecule has 0 aliphatic carbocycles. The van der Waals surface area contributed by atoms with E-state index in [9.17, 15) is 9.59 Å². The summed E-state index contributed by atoms with van der Waals surface area (Å²) in [6, 6.07) is 12.2. The summed E-state index contributed by atoms with van der Waals surface area (Å²) in [6.07, 6.45) is 0. The van der Waals surface area contributed by atoms with Gasteiger partial charge in [-0.1, -0.05) is 12.1 Å². The van der Waals surface area contributed by atoms with Crippen LogP contribution in [-0.2, 0) is 4.79 Å². The average molecular weight is 268 g/mol. The van der Waals surface area contributed by atoms with Crippen LogP contribution in [0.25, 0.3) is 0 Å². The third-order valence-electron chi connectivity index (χ3n) is 3.15. The van der Waals surface area contributed by atoms with Crippen molar-refractivity contribution in [3.05, 3.63) is 64.7 Å². The molecular formula is C17H16O3. The van der Waals surface area contributed by atoms with Crippen LogP contribution in [0.1, 0.15) is 34.0 Å². The van der Waals surface area contributed by atoms with Gasteiger partial charge in [0, 0.05) is 18.1 Å².